The molecule has 0 amide bonds. The summed E-state index contributed by atoms with van der Waals surface area (Å²) in [5.74, 6) is 1.39. The number of nitrogens with zero attached hydrogens (tertiary/aromatic N) is 4. The molecule has 0 unspecified atom stereocenters. The van der Waals surface area contributed by atoms with Crippen LogP contribution in [0.25, 0.3) is 10.9 Å². The summed E-state index contributed by atoms with van der Waals surface area (Å²) in [4.78, 5) is 14.1. The Balaban J connectivity index is 1.36. The molecule has 3 aromatic rings. The summed E-state index contributed by atoms with van der Waals surface area (Å²) in [5, 5.41) is 0.930. The van der Waals surface area contributed by atoms with E-state index in [9.17, 15) is 0 Å². The standard InChI is InChI=1S/C21H25N5/c1-16-6-8-17(9-7-16)14-25-10-12-26(13-11-25)15-20-23-19-5-3-2-4-18(19)21(22)24-20/h2-9H,10-15H2,1H3,(H2,22,23,24). The van der Waals surface area contributed by atoms with E-state index in [1.165, 1.54) is 11.1 Å². The number of benzene rings is 2. The van der Waals surface area contributed by atoms with Gasteiger partial charge in [0, 0.05) is 38.1 Å². The second-order valence-corrected chi connectivity index (χ2v) is 7.08. The summed E-state index contributed by atoms with van der Waals surface area (Å²) in [6.07, 6.45) is 0. The van der Waals surface area contributed by atoms with Crippen molar-refractivity contribution < 1.29 is 0 Å². The fraction of sp³-hybridized carbons (Fsp3) is 0.333. The first-order valence-electron chi connectivity index (χ1n) is 9.19. The molecule has 0 atom stereocenters. The molecular formula is C21H25N5. The van der Waals surface area contributed by atoms with Crippen LogP contribution in [-0.4, -0.2) is 45.9 Å². The molecule has 5 nitrogen and oxygen atoms in total. The number of fused-ring (bicyclic) bond motifs is 1. The molecule has 0 saturated carbocycles. The summed E-state index contributed by atoms with van der Waals surface area (Å²) in [6.45, 7) is 8.10. The van der Waals surface area contributed by atoms with Crippen molar-refractivity contribution >= 4 is 16.7 Å². The van der Waals surface area contributed by atoms with E-state index in [4.69, 9.17) is 5.73 Å². The van der Waals surface area contributed by atoms with Gasteiger partial charge in [0.15, 0.2) is 0 Å². The van der Waals surface area contributed by atoms with Crippen LogP contribution in [0.1, 0.15) is 17.0 Å². The molecule has 1 aromatic heterocycles. The van der Waals surface area contributed by atoms with Gasteiger partial charge in [-0.05, 0) is 24.6 Å². The van der Waals surface area contributed by atoms with Crippen molar-refractivity contribution in [2.24, 2.45) is 0 Å². The van der Waals surface area contributed by atoms with Crippen molar-refractivity contribution in [1.29, 1.82) is 0 Å². The maximum Gasteiger partial charge on any atom is 0.145 e. The molecular weight excluding hydrogens is 322 g/mol. The highest BCUT2D eigenvalue weighted by atomic mass is 15.3. The Morgan fingerprint density at radius 1 is 0.846 bits per heavy atom. The number of rotatable bonds is 4. The lowest BCUT2D eigenvalue weighted by atomic mass is 10.1. The van der Waals surface area contributed by atoms with E-state index >= 15 is 0 Å². The van der Waals surface area contributed by atoms with Crippen LogP contribution in [0, 0.1) is 6.92 Å². The molecule has 2 N–H and O–H groups in total. The van der Waals surface area contributed by atoms with Gasteiger partial charge >= 0.3 is 0 Å². The van der Waals surface area contributed by atoms with Gasteiger partial charge in [0.25, 0.3) is 0 Å². The summed E-state index contributed by atoms with van der Waals surface area (Å²) in [7, 11) is 0. The summed E-state index contributed by atoms with van der Waals surface area (Å²) in [6, 6.07) is 16.8. The monoisotopic (exact) mass is 347 g/mol. The van der Waals surface area contributed by atoms with E-state index in [0.29, 0.717) is 5.82 Å². The van der Waals surface area contributed by atoms with Crippen LogP contribution in [0.3, 0.4) is 0 Å². The van der Waals surface area contributed by atoms with E-state index in [1.54, 1.807) is 0 Å². The number of nitrogen functional groups attached to an aromatic ring is 1. The highest BCUT2D eigenvalue weighted by molar-refractivity contribution is 5.87. The van der Waals surface area contributed by atoms with Crippen LogP contribution in [0.15, 0.2) is 48.5 Å². The van der Waals surface area contributed by atoms with Crippen molar-refractivity contribution in [3.63, 3.8) is 0 Å². The lowest BCUT2D eigenvalue weighted by molar-refractivity contribution is 0.120. The zero-order chi connectivity index (χ0) is 17.9. The maximum absolute atomic E-state index is 6.10. The molecule has 0 radical (unpaired) electrons. The van der Waals surface area contributed by atoms with Gasteiger partial charge < -0.3 is 5.73 Å². The molecule has 26 heavy (non-hydrogen) atoms. The number of anilines is 1. The van der Waals surface area contributed by atoms with Gasteiger partial charge in [0.2, 0.25) is 0 Å². The first-order chi connectivity index (χ1) is 12.7. The first-order valence-corrected chi connectivity index (χ1v) is 9.19. The highest BCUT2D eigenvalue weighted by Gasteiger charge is 2.18. The molecule has 0 aliphatic carbocycles. The number of hydrogen-bond acceptors (Lipinski definition) is 5. The molecule has 1 aliphatic heterocycles. The SMILES string of the molecule is Cc1ccc(CN2CCN(Cc3nc(N)c4ccccc4n3)CC2)cc1. The molecule has 0 bridgehead atoms. The third kappa shape index (κ3) is 3.84. The largest absolute Gasteiger partial charge is 0.383 e. The molecule has 1 aliphatic rings. The molecule has 134 valence electrons. The zero-order valence-corrected chi connectivity index (χ0v) is 15.2. The van der Waals surface area contributed by atoms with E-state index in [2.05, 4.69) is 51.0 Å². The van der Waals surface area contributed by atoms with Gasteiger partial charge in [-0.1, -0.05) is 42.0 Å². The minimum atomic E-state index is 0.573. The fourth-order valence-corrected chi connectivity index (χ4v) is 3.48. The van der Waals surface area contributed by atoms with Gasteiger partial charge in [0.05, 0.1) is 12.1 Å². The van der Waals surface area contributed by atoms with Crippen LogP contribution in [-0.2, 0) is 13.1 Å². The van der Waals surface area contributed by atoms with Crippen LogP contribution in [0.4, 0.5) is 5.82 Å². The minimum Gasteiger partial charge on any atom is -0.383 e. The van der Waals surface area contributed by atoms with Crippen molar-refractivity contribution in [2.75, 3.05) is 31.9 Å². The Hall–Kier alpha value is -2.50. The number of aryl methyl sites for hydroxylation is 1. The lowest BCUT2D eigenvalue weighted by Gasteiger charge is -2.34. The van der Waals surface area contributed by atoms with Gasteiger partial charge in [-0.2, -0.15) is 0 Å². The molecule has 1 saturated heterocycles. The topological polar surface area (TPSA) is 58.3 Å². The van der Waals surface area contributed by atoms with E-state index < -0.39 is 0 Å². The number of nitrogens with two attached hydrogens (primary N) is 1. The molecule has 2 aromatic carbocycles. The van der Waals surface area contributed by atoms with E-state index in [-0.39, 0.29) is 0 Å². The number of piperazine rings is 1. The van der Waals surface area contributed by atoms with Gasteiger partial charge in [0.1, 0.15) is 11.6 Å². The van der Waals surface area contributed by atoms with E-state index in [0.717, 1.165) is 56.0 Å². The normalized spacial score (nSPS) is 16.2. The smallest absolute Gasteiger partial charge is 0.145 e. The highest BCUT2D eigenvalue weighted by Crippen LogP contribution is 2.18. The first kappa shape index (κ1) is 16.9. The number of para-hydroxylation sites is 1. The van der Waals surface area contributed by atoms with Gasteiger partial charge in [-0.3, -0.25) is 9.80 Å². The summed E-state index contributed by atoms with van der Waals surface area (Å²) in [5.41, 5.74) is 9.72. The number of hydrogen-bond donors (Lipinski definition) is 1. The van der Waals surface area contributed by atoms with Crippen LogP contribution < -0.4 is 5.73 Å². The Bertz CT molecular complexity index is 883. The Morgan fingerprint density at radius 2 is 1.50 bits per heavy atom. The fourth-order valence-electron chi connectivity index (χ4n) is 3.48. The second kappa shape index (κ2) is 7.40. The van der Waals surface area contributed by atoms with Crippen LogP contribution in [0.2, 0.25) is 0 Å². The molecule has 1 fully saturated rings. The molecule has 5 heteroatoms. The second-order valence-electron chi connectivity index (χ2n) is 7.08. The quantitative estimate of drug-likeness (QED) is 0.786. The van der Waals surface area contributed by atoms with Gasteiger partial charge in [-0.25, -0.2) is 9.97 Å². The minimum absolute atomic E-state index is 0.573. The zero-order valence-electron chi connectivity index (χ0n) is 15.2. The summed E-state index contributed by atoms with van der Waals surface area (Å²) < 4.78 is 0. The predicted molar refractivity (Wildman–Crippen MR) is 106 cm³/mol. The third-order valence-electron chi connectivity index (χ3n) is 5.04. The third-order valence-corrected chi connectivity index (χ3v) is 5.04. The van der Waals surface area contributed by atoms with Crippen LogP contribution >= 0.6 is 0 Å². The maximum atomic E-state index is 6.10. The predicted octanol–water partition coefficient (Wildman–Crippen LogP) is 2.84. The molecule has 2 heterocycles. The van der Waals surface area contributed by atoms with Crippen molar-refractivity contribution in [1.82, 2.24) is 19.8 Å². The Morgan fingerprint density at radius 3 is 2.23 bits per heavy atom. The van der Waals surface area contributed by atoms with Crippen LogP contribution in [0.5, 0.6) is 0 Å². The average molecular weight is 347 g/mol. The molecule has 4 rings (SSSR count). The van der Waals surface area contributed by atoms with E-state index in [1.807, 2.05) is 24.3 Å². The van der Waals surface area contributed by atoms with Gasteiger partial charge in [-0.15, -0.1) is 0 Å². The lowest BCUT2D eigenvalue weighted by Crippen LogP contribution is -2.45. The van der Waals surface area contributed by atoms with Crippen molar-refractivity contribution in [3.8, 4) is 0 Å². The van der Waals surface area contributed by atoms with Crippen molar-refractivity contribution in [2.45, 2.75) is 20.0 Å². The average Bonchev–Trinajstić information content (AvgIpc) is 2.65. The number of aromatic nitrogens is 2. The Kier molecular flexibility index (Phi) is 4.82. The summed E-state index contributed by atoms with van der Waals surface area (Å²) >= 11 is 0. The molecule has 0 spiro atoms. The van der Waals surface area contributed by atoms with Crippen molar-refractivity contribution in [3.05, 3.63) is 65.5 Å². The Labute approximate surface area is 154 Å².